The van der Waals surface area contributed by atoms with Gasteiger partial charge >= 0.3 is 5.24 Å². The van der Waals surface area contributed by atoms with Gasteiger partial charge in [0.15, 0.2) is 0 Å². The van der Waals surface area contributed by atoms with E-state index in [0.29, 0.717) is 6.61 Å². The van der Waals surface area contributed by atoms with Crippen LogP contribution in [0.25, 0.3) is 0 Å². The second-order valence-corrected chi connectivity index (χ2v) is 5.75. The van der Waals surface area contributed by atoms with Crippen molar-refractivity contribution in [1.29, 1.82) is 0 Å². The largest absolute Gasteiger partial charge is 0.453 e. The summed E-state index contributed by atoms with van der Waals surface area (Å²) in [6.07, 6.45) is 2.13. The van der Waals surface area contributed by atoms with Crippen molar-refractivity contribution in [2.45, 2.75) is 45.3 Å². The average Bonchev–Trinajstić information content (AvgIpc) is 2.45. The van der Waals surface area contributed by atoms with E-state index in [2.05, 4.69) is 6.92 Å². The third-order valence-corrected chi connectivity index (χ3v) is 4.16. The molecule has 1 saturated carbocycles. The summed E-state index contributed by atoms with van der Waals surface area (Å²) in [5, 5.41) is 10.3. The molecular weight excluding hydrogens is 212 g/mol. The molecule has 0 aromatic carbocycles. The maximum absolute atomic E-state index is 10.1. The minimum atomic E-state index is -0.652. The van der Waals surface area contributed by atoms with Gasteiger partial charge in [-0.1, -0.05) is 6.92 Å². The lowest BCUT2D eigenvalue weighted by Crippen LogP contribution is -2.56. The minimum absolute atomic E-state index is 0.00118. The molecule has 3 nitrogen and oxygen atoms in total. The van der Waals surface area contributed by atoms with E-state index in [4.69, 9.17) is 21.7 Å². The van der Waals surface area contributed by atoms with Gasteiger partial charge in [0.1, 0.15) is 12.7 Å². The highest BCUT2D eigenvalue weighted by molar-refractivity contribution is 7.79. The van der Waals surface area contributed by atoms with Crippen LogP contribution >= 0.6 is 12.2 Å². The molecule has 2 fully saturated rings. The normalized spacial score (nSPS) is 40.7. The van der Waals surface area contributed by atoms with Gasteiger partial charge in [-0.05, 0) is 32.6 Å². The van der Waals surface area contributed by atoms with E-state index in [1.165, 1.54) is 0 Å². The Morgan fingerprint density at radius 1 is 1.53 bits per heavy atom. The van der Waals surface area contributed by atoms with Crippen LogP contribution < -0.4 is 0 Å². The Bertz CT molecular complexity index is 284. The Balaban J connectivity index is 2.11. The molecular formula is C11H18O3S. The van der Waals surface area contributed by atoms with Gasteiger partial charge in [-0.15, -0.1) is 0 Å². The summed E-state index contributed by atoms with van der Waals surface area (Å²) in [7, 11) is 0. The van der Waals surface area contributed by atoms with Crippen LogP contribution in [0.4, 0.5) is 0 Å². The van der Waals surface area contributed by atoms with Crippen molar-refractivity contribution in [2.75, 3.05) is 6.61 Å². The molecule has 0 aromatic heterocycles. The number of aliphatic hydroxyl groups is 1. The summed E-state index contributed by atoms with van der Waals surface area (Å²) in [5.74, 6) is 0.263. The van der Waals surface area contributed by atoms with Gasteiger partial charge in [0.2, 0.25) is 0 Å². The van der Waals surface area contributed by atoms with Gasteiger partial charge in [-0.3, -0.25) is 0 Å². The molecule has 1 N–H and O–H groups in total. The summed E-state index contributed by atoms with van der Waals surface area (Å²) in [5.41, 5.74) is -0.653. The SMILES string of the molecule is CC(C)(O)[C@@H]1CC[C@]1(C)[C@H]1COC(=S)O1. The van der Waals surface area contributed by atoms with Gasteiger partial charge in [0, 0.05) is 17.6 Å². The van der Waals surface area contributed by atoms with Crippen LogP contribution in [0, 0.1) is 11.3 Å². The topological polar surface area (TPSA) is 38.7 Å². The lowest BCUT2D eigenvalue weighted by molar-refractivity contribution is -0.146. The van der Waals surface area contributed by atoms with Gasteiger partial charge < -0.3 is 14.6 Å². The van der Waals surface area contributed by atoms with E-state index in [-0.39, 0.29) is 22.7 Å². The molecule has 0 spiro atoms. The molecule has 0 aromatic rings. The molecule has 1 aliphatic carbocycles. The maximum Gasteiger partial charge on any atom is 0.352 e. The van der Waals surface area contributed by atoms with Crippen molar-refractivity contribution in [3.05, 3.63) is 0 Å². The van der Waals surface area contributed by atoms with Crippen molar-refractivity contribution in [3.63, 3.8) is 0 Å². The van der Waals surface area contributed by atoms with E-state index in [1.807, 2.05) is 13.8 Å². The van der Waals surface area contributed by atoms with Gasteiger partial charge in [-0.2, -0.15) is 0 Å². The second kappa shape index (κ2) is 3.32. The molecule has 3 atom stereocenters. The van der Waals surface area contributed by atoms with Gasteiger partial charge in [-0.25, -0.2) is 0 Å². The molecule has 15 heavy (non-hydrogen) atoms. The molecule has 0 radical (unpaired) electrons. The Labute approximate surface area is 95.8 Å². The van der Waals surface area contributed by atoms with Crippen LogP contribution in [-0.4, -0.2) is 28.7 Å². The first-order valence-corrected chi connectivity index (χ1v) is 5.80. The van der Waals surface area contributed by atoms with Crippen LogP contribution in [-0.2, 0) is 9.47 Å². The van der Waals surface area contributed by atoms with Crippen LogP contribution in [0.3, 0.4) is 0 Å². The first-order chi connectivity index (χ1) is 6.84. The molecule has 1 saturated heterocycles. The fraction of sp³-hybridized carbons (Fsp3) is 0.909. The number of hydrogen-bond donors (Lipinski definition) is 1. The zero-order valence-corrected chi connectivity index (χ0v) is 10.3. The molecule has 2 rings (SSSR count). The second-order valence-electron chi connectivity index (χ2n) is 5.42. The molecule has 0 amide bonds. The molecule has 1 aliphatic heterocycles. The first-order valence-electron chi connectivity index (χ1n) is 5.40. The first kappa shape index (κ1) is 11.1. The fourth-order valence-corrected chi connectivity index (χ4v) is 3.13. The quantitative estimate of drug-likeness (QED) is 0.735. The lowest BCUT2D eigenvalue weighted by atomic mass is 9.53. The van der Waals surface area contributed by atoms with Crippen LogP contribution in [0.15, 0.2) is 0 Å². The third-order valence-electron chi connectivity index (χ3n) is 3.95. The summed E-state index contributed by atoms with van der Waals surface area (Å²) in [6.45, 7) is 6.41. The molecule has 0 unspecified atom stereocenters. The Morgan fingerprint density at radius 3 is 2.53 bits per heavy atom. The maximum atomic E-state index is 10.1. The van der Waals surface area contributed by atoms with E-state index in [9.17, 15) is 5.11 Å². The lowest BCUT2D eigenvalue weighted by Gasteiger charge is -2.54. The predicted molar refractivity (Wildman–Crippen MR) is 60.6 cm³/mol. The molecule has 4 heteroatoms. The summed E-state index contributed by atoms with van der Waals surface area (Å²) >= 11 is 4.86. The Kier molecular flexibility index (Phi) is 2.47. The van der Waals surface area contributed by atoms with Crippen molar-refractivity contribution < 1.29 is 14.6 Å². The monoisotopic (exact) mass is 230 g/mol. The molecule has 2 aliphatic rings. The minimum Gasteiger partial charge on any atom is -0.453 e. The van der Waals surface area contributed by atoms with Crippen LogP contribution in [0.5, 0.6) is 0 Å². The van der Waals surface area contributed by atoms with Crippen LogP contribution in [0.2, 0.25) is 0 Å². The third kappa shape index (κ3) is 1.74. The van der Waals surface area contributed by atoms with E-state index >= 15 is 0 Å². The Hall–Kier alpha value is -0.350. The average molecular weight is 230 g/mol. The standard InChI is InChI=1S/C11H18O3S/c1-10(2,12)7-4-5-11(7,3)8-6-13-9(15)14-8/h7-8,12H,4-6H2,1-3H3/t7-,8+,11-/m0/s1. The number of hydrogen-bond acceptors (Lipinski definition) is 4. The fourth-order valence-electron chi connectivity index (χ4n) is 2.94. The summed E-state index contributed by atoms with van der Waals surface area (Å²) in [6, 6.07) is 0. The zero-order chi connectivity index (χ0) is 11.3. The zero-order valence-electron chi connectivity index (χ0n) is 9.45. The number of ether oxygens (including phenoxy) is 2. The van der Waals surface area contributed by atoms with E-state index < -0.39 is 5.60 Å². The van der Waals surface area contributed by atoms with Gasteiger partial charge in [0.25, 0.3) is 0 Å². The molecule has 0 bridgehead atoms. The number of thiocarbonyl (C=S) groups is 1. The molecule has 86 valence electrons. The highest BCUT2D eigenvalue weighted by atomic mass is 32.1. The van der Waals surface area contributed by atoms with Crippen molar-refractivity contribution >= 4 is 17.5 Å². The van der Waals surface area contributed by atoms with Crippen molar-refractivity contribution in [1.82, 2.24) is 0 Å². The highest BCUT2D eigenvalue weighted by Crippen LogP contribution is 2.55. The van der Waals surface area contributed by atoms with E-state index in [0.717, 1.165) is 12.8 Å². The number of rotatable bonds is 2. The highest BCUT2D eigenvalue weighted by Gasteiger charge is 2.56. The van der Waals surface area contributed by atoms with Crippen molar-refractivity contribution in [2.24, 2.45) is 11.3 Å². The van der Waals surface area contributed by atoms with Crippen molar-refractivity contribution in [3.8, 4) is 0 Å². The summed E-state index contributed by atoms with van der Waals surface area (Å²) < 4.78 is 10.7. The van der Waals surface area contributed by atoms with E-state index in [1.54, 1.807) is 0 Å². The Morgan fingerprint density at radius 2 is 2.20 bits per heavy atom. The van der Waals surface area contributed by atoms with Crippen LogP contribution in [0.1, 0.15) is 33.6 Å². The smallest absolute Gasteiger partial charge is 0.352 e. The summed E-state index contributed by atoms with van der Waals surface area (Å²) in [4.78, 5) is 0. The molecule has 1 heterocycles. The predicted octanol–water partition coefficient (Wildman–Crippen LogP) is 1.87. The van der Waals surface area contributed by atoms with Gasteiger partial charge in [0.05, 0.1) is 5.60 Å².